The third-order valence-electron chi connectivity index (χ3n) is 6.33. The van der Waals surface area contributed by atoms with Crippen molar-refractivity contribution in [3.05, 3.63) is 58.8 Å². The van der Waals surface area contributed by atoms with Gasteiger partial charge in [-0.3, -0.25) is 9.59 Å². The van der Waals surface area contributed by atoms with Gasteiger partial charge in [0.05, 0.1) is 6.04 Å². The zero-order valence-electron chi connectivity index (χ0n) is 18.3. The Morgan fingerprint density at radius 3 is 2.77 bits per heavy atom. The zero-order valence-corrected chi connectivity index (χ0v) is 18.3. The highest BCUT2D eigenvalue weighted by Crippen LogP contribution is 2.38. The highest BCUT2D eigenvalue weighted by atomic mass is 16.2. The minimum absolute atomic E-state index is 0.00956. The number of anilines is 1. The topological polar surface area (TPSA) is 85.1 Å². The molecule has 1 saturated carbocycles. The van der Waals surface area contributed by atoms with E-state index in [0.29, 0.717) is 24.6 Å². The first-order chi connectivity index (χ1) is 14.4. The van der Waals surface area contributed by atoms with E-state index in [1.165, 1.54) is 11.1 Å². The quantitative estimate of drug-likeness (QED) is 0.689. The summed E-state index contributed by atoms with van der Waals surface area (Å²) < 4.78 is 0. The molecule has 5 nitrogen and oxygen atoms in total. The summed E-state index contributed by atoms with van der Waals surface area (Å²) in [5, 5.41) is 2.95. The molecule has 2 aromatic rings. The Bertz CT molecular complexity index is 909. The van der Waals surface area contributed by atoms with Gasteiger partial charge in [0.15, 0.2) is 5.78 Å². The van der Waals surface area contributed by atoms with Crippen molar-refractivity contribution < 1.29 is 9.59 Å². The fraction of sp³-hybridized carbons (Fsp3) is 0.480. The van der Waals surface area contributed by atoms with Crippen LogP contribution in [0.1, 0.15) is 67.8 Å². The fourth-order valence-corrected chi connectivity index (χ4v) is 4.35. The molecule has 1 aromatic carbocycles. The number of amides is 1. The lowest BCUT2D eigenvalue weighted by molar-refractivity contribution is -0.129. The maximum Gasteiger partial charge on any atom is 0.223 e. The molecule has 1 fully saturated rings. The maximum atomic E-state index is 12.7. The molecule has 3 rings (SSSR count). The number of nitrogens with zero attached hydrogens (tertiary/aromatic N) is 1. The molecule has 160 valence electrons. The predicted octanol–water partition coefficient (Wildman–Crippen LogP) is 4.12. The first-order valence-corrected chi connectivity index (χ1v) is 11.0. The first kappa shape index (κ1) is 22.0. The Kier molecular flexibility index (Phi) is 7.24. The molecule has 1 aliphatic rings. The molecule has 0 aliphatic heterocycles. The van der Waals surface area contributed by atoms with Crippen molar-refractivity contribution >= 4 is 17.5 Å². The van der Waals surface area contributed by atoms with E-state index in [2.05, 4.69) is 41.5 Å². The van der Waals surface area contributed by atoms with E-state index in [-0.39, 0.29) is 17.6 Å². The van der Waals surface area contributed by atoms with Crippen LogP contribution in [-0.4, -0.2) is 22.7 Å². The Balaban J connectivity index is 1.49. The minimum Gasteiger partial charge on any atom is -0.384 e. The molecule has 1 aromatic heterocycles. The number of nitrogen functional groups attached to an aromatic ring is 1. The number of Topliss-reactive ketones (excluding diaryl/α,β-unsaturated/α-hetero) is 1. The van der Waals surface area contributed by atoms with Gasteiger partial charge in [0.1, 0.15) is 5.82 Å². The van der Waals surface area contributed by atoms with Gasteiger partial charge in [0.2, 0.25) is 5.91 Å². The number of aryl methyl sites for hydroxylation is 3. The van der Waals surface area contributed by atoms with Crippen LogP contribution in [0.3, 0.4) is 0 Å². The lowest BCUT2D eigenvalue weighted by Crippen LogP contribution is -2.41. The van der Waals surface area contributed by atoms with E-state index in [4.69, 9.17) is 5.73 Å². The Morgan fingerprint density at radius 2 is 2.03 bits per heavy atom. The van der Waals surface area contributed by atoms with Crippen molar-refractivity contribution in [1.29, 1.82) is 0 Å². The van der Waals surface area contributed by atoms with E-state index in [9.17, 15) is 9.59 Å². The van der Waals surface area contributed by atoms with Crippen molar-refractivity contribution in [2.45, 2.75) is 71.3 Å². The lowest BCUT2D eigenvalue weighted by atomic mass is 9.94. The van der Waals surface area contributed by atoms with Crippen LogP contribution in [0.5, 0.6) is 0 Å². The second kappa shape index (κ2) is 9.88. The first-order valence-electron chi connectivity index (χ1n) is 11.0. The average Bonchev–Trinajstić information content (AvgIpc) is 3.23. The van der Waals surface area contributed by atoms with Crippen LogP contribution in [0.4, 0.5) is 5.82 Å². The van der Waals surface area contributed by atoms with E-state index >= 15 is 0 Å². The largest absolute Gasteiger partial charge is 0.384 e. The molecule has 3 atom stereocenters. The summed E-state index contributed by atoms with van der Waals surface area (Å²) >= 11 is 0. The summed E-state index contributed by atoms with van der Waals surface area (Å²) in [5.41, 5.74) is 10.2. The molecule has 0 bridgehead atoms. The number of nitrogens with one attached hydrogen (secondary N) is 1. The van der Waals surface area contributed by atoms with Gasteiger partial charge >= 0.3 is 0 Å². The molecule has 0 unspecified atom stereocenters. The van der Waals surface area contributed by atoms with E-state index in [1.54, 1.807) is 13.0 Å². The number of aromatic nitrogens is 1. The van der Waals surface area contributed by atoms with Gasteiger partial charge in [-0.1, -0.05) is 37.3 Å². The van der Waals surface area contributed by atoms with Crippen molar-refractivity contribution in [2.75, 3.05) is 5.73 Å². The van der Waals surface area contributed by atoms with Crippen molar-refractivity contribution in [1.82, 2.24) is 10.3 Å². The van der Waals surface area contributed by atoms with Gasteiger partial charge in [-0.15, -0.1) is 0 Å². The molecule has 30 heavy (non-hydrogen) atoms. The number of pyridine rings is 1. The van der Waals surface area contributed by atoms with Crippen LogP contribution in [-0.2, 0) is 22.4 Å². The van der Waals surface area contributed by atoms with Crippen LogP contribution in [0.25, 0.3) is 0 Å². The van der Waals surface area contributed by atoms with Crippen LogP contribution in [0, 0.1) is 12.8 Å². The number of hydrogen-bond acceptors (Lipinski definition) is 4. The molecular formula is C25H33N3O2. The molecule has 1 aliphatic carbocycles. The second-order valence-corrected chi connectivity index (χ2v) is 8.48. The number of nitrogens with two attached hydrogens (primary N) is 1. The highest BCUT2D eigenvalue weighted by Gasteiger charge is 2.32. The molecule has 5 heteroatoms. The molecule has 1 amide bonds. The average molecular weight is 408 g/mol. The summed E-state index contributed by atoms with van der Waals surface area (Å²) in [6.07, 6.45) is 4.77. The van der Waals surface area contributed by atoms with Gasteiger partial charge in [-0.25, -0.2) is 4.98 Å². The van der Waals surface area contributed by atoms with Crippen molar-refractivity contribution in [3.63, 3.8) is 0 Å². The third-order valence-corrected chi connectivity index (χ3v) is 6.33. The van der Waals surface area contributed by atoms with Gasteiger partial charge in [0, 0.05) is 18.0 Å². The van der Waals surface area contributed by atoms with Gasteiger partial charge in [-0.2, -0.15) is 0 Å². The summed E-state index contributed by atoms with van der Waals surface area (Å²) in [6.45, 7) is 5.84. The van der Waals surface area contributed by atoms with Crippen LogP contribution >= 0.6 is 0 Å². The van der Waals surface area contributed by atoms with E-state index in [0.717, 1.165) is 36.9 Å². The number of benzene rings is 1. The van der Waals surface area contributed by atoms with Crippen LogP contribution in [0.2, 0.25) is 0 Å². The number of hydrogen-bond donors (Lipinski definition) is 2. The number of carbonyl (C=O) groups excluding carboxylic acids is 2. The Hall–Kier alpha value is -2.69. The van der Waals surface area contributed by atoms with E-state index in [1.807, 2.05) is 13.0 Å². The molecular weight excluding hydrogens is 374 g/mol. The van der Waals surface area contributed by atoms with E-state index < -0.39 is 6.04 Å². The molecule has 1 heterocycles. The monoisotopic (exact) mass is 407 g/mol. The van der Waals surface area contributed by atoms with Crippen molar-refractivity contribution in [2.24, 2.45) is 5.92 Å². The molecule has 0 radical (unpaired) electrons. The number of ketones is 1. The third kappa shape index (κ3) is 5.47. The predicted molar refractivity (Wildman–Crippen MR) is 120 cm³/mol. The zero-order chi connectivity index (χ0) is 21.7. The van der Waals surface area contributed by atoms with Crippen LogP contribution < -0.4 is 11.1 Å². The summed E-state index contributed by atoms with van der Waals surface area (Å²) in [4.78, 5) is 29.5. The maximum absolute atomic E-state index is 12.7. The SMILES string of the molecule is CCc1cccc([C@H]2CC[C@@H](C(=O)N[C@@H](C)C(=O)CCc3ccc(N)nc3C)C2)c1. The van der Waals surface area contributed by atoms with Gasteiger partial charge in [0.25, 0.3) is 0 Å². The Labute approximate surface area is 179 Å². The summed E-state index contributed by atoms with van der Waals surface area (Å²) in [7, 11) is 0. The van der Waals surface area contributed by atoms with Gasteiger partial charge in [-0.05, 0) is 74.6 Å². The standard InChI is InChI=1S/C25H33N3O2/c1-4-18-6-5-7-20(14-18)21-8-9-22(15-21)25(30)28-17(3)23(29)12-10-19-11-13-24(26)27-16(19)2/h5-7,11,13-14,17,21-22H,4,8-10,12,15H2,1-3H3,(H2,26,27)(H,28,30)/t17-,21-,22+/m0/s1. The summed E-state index contributed by atoms with van der Waals surface area (Å²) in [6, 6.07) is 11.9. The highest BCUT2D eigenvalue weighted by molar-refractivity contribution is 5.89. The number of rotatable bonds is 8. The van der Waals surface area contributed by atoms with Crippen molar-refractivity contribution in [3.8, 4) is 0 Å². The molecule has 0 spiro atoms. The lowest BCUT2D eigenvalue weighted by Gasteiger charge is -2.17. The summed E-state index contributed by atoms with van der Waals surface area (Å²) in [5.74, 6) is 0.956. The smallest absolute Gasteiger partial charge is 0.223 e. The minimum atomic E-state index is -0.470. The molecule has 0 saturated heterocycles. The van der Waals surface area contributed by atoms with Crippen LogP contribution in [0.15, 0.2) is 36.4 Å². The number of carbonyl (C=O) groups is 2. The second-order valence-electron chi connectivity index (χ2n) is 8.48. The van der Waals surface area contributed by atoms with Gasteiger partial charge < -0.3 is 11.1 Å². The fourth-order valence-electron chi connectivity index (χ4n) is 4.35. The normalized spacial score (nSPS) is 19.4. The Morgan fingerprint density at radius 1 is 1.23 bits per heavy atom. The molecule has 3 N–H and O–H groups in total.